The highest BCUT2D eigenvalue weighted by Crippen LogP contribution is 2.36. The normalized spacial score (nSPS) is 24.2. The Kier molecular flexibility index (Phi) is 4.59. The van der Waals surface area contributed by atoms with Crippen LogP contribution in [0.5, 0.6) is 0 Å². The van der Waals surface area contributed by atoms with Crippen molar-refractivity contribution in [2.45, 2.75) is 40.0 Å². The Hall–Kier alpha value is -1.35. The second-order valence-electron chi connectivity index (χ2n) is 5.44. The molecule has 2 atom stereocenters. The zero-order chi connectivity index (χ0) is 13.8. The van der Waals surface area contributed by atoms with E-state index in [0.29, 0.717) is 17.4 Å². The van der Waals surface area contributed by atoms with E-state index in [1.165, 1.54) is 6.42 Å². The van der Waals surface area contributed by atoms with E-state index in [9.17, 15) is 4.79 Å². The fraction of sp³-hybridized carbons (Fsp3) is 0.500. The van der Waals surface area contributed by atoms with Crippen LogP contribution in [0, 0.1) is 24.9 Å². The number of benzene rings is 1. The highest BCUT2D eigenvalue weighted by Gasteiger charge is 2.30. The zero-order valence-electron chi connectivity index (χ0n) is 11.8. The molecule has 1 fully saturated rings. The molecule has 0 saturated heterocycles. The summed E-state index contributed by atoms with van der Waals surface area (Å²) >= 11 is 0. The van der Waals surface area contributed by atoms with E-state index in [-0.39, 0.29) is 0 Å². The zero-order valence-corrected chi connectivity index (χ0v) is 11.8. The second kappa shape index (κ2) is 6.20. The van der Waals surface area contributed by atoms with E-state index in [2.05, 4.69) is 13.8 Å². The van der Waals surface area contributed by atoms with Crippen LogP contribution in [-0.4, -0.2) is 5.97 Å². The number of aryl methyl sites for hydroxylation is 1. The molecule has 3 nitrogen and oxygen atoms in total. The molecule has 0 aromatic heterocycles. The quantitative estimate of drug-likeness (QED) is 0.607. The Morgan fingerprint density at radius 3 is 2.58 bits per heavy atom. The summed E-state index contributed by atoms with van der Waals surface area (Å²) in [6, 6.07) is 7.27. The fourth-order valence-electron chi connectivity index (χ4n) is 2.34. The second-order valence-corrected chi connectivity index (χ2v) is 5.44. The van der Waals surface area contributed by atoms with E-state index < -0.39 is 5.97 Å². The van der Waals surface area contributed by atoms with Gasteiger partial charge < -0.3 is 0 Å². The van der Waals surface area contributed by atoms with Gasteiger partial charge in [-0.25, -0.2) is 4.79 Å². The summed E-state index contributed by atoms with van der Waals surface area (Å²) in [4.78, 5) is 22.1. The Labute approximate surface area is 114 Å². The largest absolute Gasteiger partial charge is 0.373 e. The van der Waals surface area contributed by atoms with Gasteiger partial charge in [0.2, 0.25) is 0 Å². The molecule has 19 heavy (non-hydrogen) atoms. The Bertz CT molecular complexity index is 424. The van der Waals surface area contributed by atoms with Gasteiger partial charge in [0.15, 0.2) is 6.10 Å². The molecule has 1 aliphatic rings. The van der Waals surface area contributed by atoms with Gasteiger partial charge in [-0.1, -0.05) is 44.4 Å². The van der Waals surface area contributed by atoms with Crippen LogP contribution in [0.15, 0.2) is 24.3 Å². The highest BCUT2D eigenvalue weighted by molar-refractivity contribution is 5.88. The van der Waals surface area contributed by atoms with Crippen LogP contribution in [0.25, 0.3) is 0 Å². The predicted molar refractivity (Wildman–Crippen MR) is 73.1 cm³/mol. The lowest BCUT2D eigenvalue weighted by Gasteiger charge is -2.31. The molecule has 2 unspecified atom stereocenters. The van der Waals surface area contributed by atoms with Crippen LogP contribution in [-0.2, 0) is 9.78 Å². The molecule has 3 heteroatoms. The van der Waals surface area contributed by atoms with Crippen molar-refractivity contribution in [1.29, 1.82) is 0 Å². The molecule has 2 rings (SSSR count). The summed E-state index contributed by atoms with van der Waals surface area (Å²) < 4.78 is 0. The minimum atomic E-state index is -0.432. The highest BCUT2D eigenvalue weighted by atomic mass is 17.2. The smallest absolute Gasteiger partial charge is 0.292 e. The molecular formula is C16H21O3. The molecule has 1 aliphatic carbocycles. The molecule has 103 valence electrons. The monoisotopic (exact) mass is 261 g/mol. The van der Waals surface area contributed by atoms with Gasteiger partial charge in [-0.05, 0) is 37.3 Å². The minimum Gasteiger partial charge on any atom is -0.292 e. The number of rotatable bonds is 3. The van der Waals surface area contributed by atoms with Gasteiger partial charge in [-0.2, -0.15) is 4.89 Å². The lowest BCUT2D eigenvalue weighted by molar-refractivity contribution is -0.248. The molecule has 0 bridgehead atoms. The molecule has 1 radical (unpaired) electrons. The Morgan fingerprint density at radius 2 is 1.89 bits per heavy atom. The van der Waals surface area contributed by atoms with Gasteiger partial charge in [-0.3, -0.25) is 4.89 Å². The molecule has 1 aromatic rings. The van der Waals surface area contributed by atoms with Crippen molar-refractivity contribution in [2.75, 3.05) is 0 Å². The van der Waals surface area contributed by atoms with Crippen molar-refractivity contribution in [3.05, 3.63) is 41.5 Å². The number of carbonyl (C=O) groups excluding carboxylic acids is 1. The lowest BCUT2D eigenvalue weighted by Crippen LogP contribution is -2.25. The third kappa shape index (κ3) is 3.57. The van der Waals surface area contributed by atoms with Gasteiger partial charge in [0, 0.05) is 0 Å². The first-order valence-electron chi connectivity index (χ1n) is 6.89. The molecule has 0 N–H and O–H groups in total. The van der Waals surface area contributed by atoms with Crippen LogP contribution in [0.2, 0.25) is 0 Å². The Balaban J connectivity index is 1.88. The van der Waals surface area contributed by atoms with E-state index in [1.54, 1.807) is 12.1 Å². The molecule has 1 aromatic carbocycles. The van der Waals surface area contributed by atoms with Crippen LogP contribution in [0.3, 0.4) is 0 Å². The van der Waals surface area contributed by atoms with E-state index >= 15 is 0 Å². The maximum Gasteiger partial charge on any atom is 0.373 e. The van der Waals surface area contributed by atoms with Crippen molar-refractivity contribution in [3.63, 3.8) is 0 Å². The molecule has 0 amide bonds. The first-order chi connectivity index (χ1) is 9.08. The summed E-state index contributed by atoms with van der Waals surface area (Å²) in [6.07, 6.45) is 4.08. The van der Waals surface area contributed by atoms with Crippen LogP contribution in [0.4, 0.5) is 0 Å². The fourth-order valence-corrected chi connectivity index (χ4v) is 2.34. The summed E-state index contributed by atoms with van der Waals surface area (Å²) in [5.74, 6) is 0.499. The molecule has 1 saturated carbocycles. The van der Waals surface area contributed by atoms with Crippen LogP contribution in [0.1, 0.15) is 49.0 Å². The van der Waals surface area contributed by atoms with Crippen molar-refractivity contribution < 1.29 is 14.6 Å². The van der Waals surface area contributed by atoms with Crippen molar-refractivity contribution in [1.82, 2.24) is 0 Å². The first-order valence-corrected chi connectivity index (χ1v) is 6.89. The van der Waals surface area contributed by atoms with Gasteiger partial charge >= 0.3 is 5.97 Å². The third-order valence-electron chi connectivity index (χ3n) is 3.96. The predicted octanol–water partition coefficient (Wildman–Crippen LogP) is 4.07. The SMILES string of the molecule is Cc1ccc(C(=O)OO[C]2CCCC(C)C2C)cc1. The topological polar surface area (TPSA) is 35.5 Å². The van der Waals surface area contributed by atoms with Gasteiger partial charge in [0.05, 0.1) is 5.56 Å². The van der Waals surface area contributed by atoms with E-state index in [1.807, 2.05) is 19.1 Å². The van der Waals surface area contributed by atoms with Crippen molar-refractivity contribution >= 4 is 5.97 Å². The average Bonchev–Trinajstić information content (AvgIpc) is 2.41. The summed E-state index contributed by atoms with van der Waals surface area (Å²) in [5.41, 5.74) is 1.63. The summed E-state index contributed by atoms with van der Waals surface area (Å²) in [7, 11) is 0. The number of carbonyl (C=O) groups is 1. The first kappa shape index (κ1) is 14.1. The van der Waals surface area contributed by atoms with Gasteiger partial charge in [0.25, 0.3) is 0 Å². The van der Waals surface area contributed by atoms with Gasteiger partial charge in [-0.15, -0.1) is 0 Å². The van der Waals surface area contributed by atoms with E-state index in [4.69, 9.17) is 9.78 Å². The van der Waals surface area contributed by atoms with Crippen LogP contribution >= 0.6 is 0 Å². The molecule has 0 heterocycles. The summed E-state index contributed by atoms with van der Waals surface area (Å²) in [6.45, 7) is 6.31. The number of hydrogen-bond donors (Lipinski definition) is 0. The molecule has 0 spiro atoms. The van der Waals surface area contributed by atoms with Crippen molar-refractivity contribution in [2.24, 2.45) is 11.8 Å². The van der Waals surface area contributed by atoms with Crippen LogP contribution < -0.4 is 0 Å². The number of hydrogen-bond acceptors (Lipinski definition) is 3. The lowest BCUT2D eigenvalue weighted by atomic mass is 9.80. The average molecular weight is 261 g/mol. The summed E-state index contributed by atoms with van der Waals surface area (Å²) in [5, 5.41) is 0. The maximum absolute atomic E-state index is 11.8. The Morgan fingerprint density at radius 1 is 1.21 bits per heavy atom. The molecular weight excluding hydrogens is 240 g/mol. The molecule has 0 aliphatic heterocycles. The van der Waals surface area contributed by atoms with Gasteiger partial charge in [0.1, 0.15) is 0 Å². The maximum atomic E-state index is 11.8. The van der Waals surface area contributed by atoms with Crippen molar-refractivity contribution in [3.8, 4) is 0 Å². The standard InChI is InChI=1S/C16H21O3/c1-11-7-9-14(10-8-11)16(17)19-18-15-6-4-5-12(2)13(15)3/h7-10,12-13H,4-6H2,1-3H3. The third-order valence-corrected chi connectivity index (χ3v) is 3.96. The minimum absolute atomic E-state index is 0.347. The van der Waals surface area contributed by atoms with E-state index in [0.717, 1.165) is 24.5 Å².